The second-order valence-corrected chi connectivity index (χ2v) is 8.37. The lowest BCUT2D eigenvalue weighted by molar-refractivity contribution is 0.0457. The van der Waals surface area contributed by atoms with E-state index in [9.17, 15) is 8.42 Å². The molecule has 23 heavy (non-hydrogen) atoms. The van der Waals surface area contributed by atoms with Crippen molar-refractivity contribution in [2.75, 3.05) is 26.7 Å². The molecule has 0 amide bonds. The smallest absolute Gasteiger partial charge is 0.240 e. The molecular formula is C17H29N3O2S. The van der Waals surface area contributed by atoms with Gasteiger partial charge in [0.25, 0.3) is 0 Å². The molecule has 1 atom stereocenters. The van der Waals surface area contributed by atoms with Crippen molar-refractivity contribution in [2.24, 2.45) is 0 Å². The number of sulfonamides is 1. The summed E-state index contributed by atoms with van der Waals surface area (Å²) in [4.78, 5) is 5.37. The predicted octanol–water partition coefficient (Wildman–Crippen LogP) is 1.90. The Labute approximate surface area is 140 Å². The van der Waals surface area contributed by atoms with Crippen LogP contribution in [0.5, 0.6) is 0 Å². The second kappa shape index (κ2) is 7.75. The van der Waals surface area contributed by atoms with Crippen LogP contribution < -0.4 is 4.72 Å². The summed E-state index contributed by atoms with van der Waals surface area (Å²) >= 11 is 0. The molecule has 0 spiro atoms. The molecule has 1 fully saturated rings. The lowest BCUT2D eigenvalue weighted by atomic mass is 10.1. The largest absolute Gasteiger partial charge is 0.296 e. The van der Waals surface area contributed by atoms with E-state index in [-0.39, 0.29) is 0 Å². The van der Waals surface area contributed by atoms with Crippen molar-refractivity contribution in [3.05, 3.63) is 29.8 Å². The van der Waals surface area contributed by atoms with Gasteiger partial charge in [-0.2, -0.15) is 0 Å². The fraction of sp³-hybridized carbons (Fsp3) is 0.647. The first-order valence-corrected chi connectivity index (χ1v) is 9.86. The Hall–Kier alpha value is -0.950. The molecule has 0 radical (unpaired) electrons. The van der Waals surface area contributed by atoms with Crippen molar-refractivity contribution in [2.45, 2.75) is 50.7 Å². The molecular weight excluding hydrogens is 310 g/mol. The van der Waals surface area contributed by atoms with Gasteiger partial charge in [-0.3, -0.25) is 9.80 Å². The molecule has 1 saturated heterocycles. The molecule has 0 saturated carbocycles. The average Bonchev–Trinajstić information content (AvgIpc) is 2.55. The molecule has 5 nitrogen and oxygen atoms in total. The first-order chi connectivity index (χ1) is 10.9. The van der Waals surface area contributed by atoms with E-state index in [0.717, 1.165) is 38.2 Å². The van der Waals surface area contributed by atoms with Crippen LogP contribution >= 0.6 is 0 Å². The Bertz CT molecular complexity index is 599. The molecule has 0 aromatic heterocycles. The Morgan fingerprint density at radius 2 is 1.87 bits per heavy atom. The number of rotatable bonds is 6. The number of hydrogen-bond donors (Lipinski definition) is 1. The van der Waals surface area contributed by atoms with E-state index in [1.165, 1.54) is 7.05 Å². The Kier molecular flexibility index (Phi) is 6.19. The third kappa shape index (κ3) is 4.53. The van der Waals surface area contributed by atoms with Crippen LogP contribution in [-0.2, 0) is 16.6 Å². The number of hydrogen-bond acceptors (Lipinski definition) is 4. The predicted molar refractivity (Wildman–Crippen MR) is 93.9 cm³/mol. The van der Waals surface area contributed by atoms with Crippen LogP contribution in [-0.4, -0.2) is 57.0 Å². The van der Waals surface area contributed by atoms with E-state index in [1.807, 2.05) is 12.1 Å². The van der Waals surface area contributed by atoms with Crippen molar-refractivity contribution in [1.82, 2.24) is 14.5 Å². The Balaban J connectivity index is 2.00. The van der Waals surface area contributed by atoms with Crippen molar-refractivity contribution < 1.29 is 8.42 Å². The molecule has 1 N–H and O–H groups in total. The summed E-state index contributed by atoms with van der Waals surface area (Å²) in [6.45, 7) is 10.9. The maximum atomic E-state index is 11.8. The van der Waals surface area contributed by atoms with E-state index in [4.69, 9.17) is 0 Å². The van der Waals surface area contributed by atoms with Gasteiger partial charge < -0.3 is 0 Å². The van der Waals surface area contributed by atoms with Crippen LogP contribution in [0.15, 0.2) is 29.2 Å². The quantitative estimate of drug-likeness (QED) is 0.860. The lowest BCUT2D eigenvalue weighted by Gasteiger charge is -2.43. The Morgan fingerprint density at radius 1 is 1.22 bits per heavy atom. The van der Waals surface area contributed by atoms with E-state index < -0.39 is 10.0 Å². The van der Waals surface area contributed by atoms with Crippen molar-refractivity contribution >= 4 is 10.0 Å². The number of nitrogens with zero attached hydrogens (tertiary/aromatic N) is 2. The standard InChI is InChI=1S/C17H29N3O2S/c1-5-16-13-19(10-11-20(16)14(2)3)12-15-6-8-17(9-7-15)23(21,22)18-4/h6-9,14,16,18H,5,10-13H2,1-4H3/t16-/m0/s1. The summed E-state index contributed by atoms with van der Waals surface area (Å²) in [7, 11) is -1.91. The van der Waals surface area contributed by atoms with E-state index >= 15 is 0 Å². The number of benzene rings is 1. The van der Waals surface area contributed by atoms with Gasteiger partial charge in [0.1, 0.15) is 0 Å². The second-order valence-electron chi connectivity index (χ2n) is 6.48. The highest BCUT2D eigenvalue weighted by molar-refractivity contribution is 7.89. The monoisotopic (exact) mass is 339 g/mol. The minimum Gasteiger partial charge on any atom is -0.296 e. The van der Waals surface area contributed by atoms with Gasteiger partial charge >= 0.3 is 0 Å². The van der Waals surface area contributed by atoms with Gasteiger partial charge in [-0.1, -0.05) is 19.1 Å². The lowest BCUT2D eigenvalue weighted by Crippen LogP contribution is -2.54. The normalized spacial score (nSPS) is 21.0. The fourth-order valence-corrected chi connectivity index (χ4v) is 4.00. The minimum atomic E-state index is -3.35. The van der Waals surface area contributed by atoms with E-state index in [2.05, 4.69) is 35.3 Å². The molecule has 1 aromatic rings. The van der Waals surface area contributed by atoms with Crippen LogP contribution in [0.1, 0.15) is 32.8 Å². The summed E-state index contributed by atoms with van der Waals surface area (Å²) in [5.41, 5.74) is 1.16. The first kappa shape index (κ1) is 18.4. The van der Waals surface area contributed by atoms with Gasteiger partial charge in [0.15, 0.2) is 0 Å². The van der Waals surface area contributed by atoms with Crippen LogP contribution in [0.3, 0.4) is 0 Å². The number of nitrogens with one attached hydrogen (secondary N) is 1. The van der Waals surface area contributed by atoms with Crippen molar-refractivity contribution in [3.63, 3.8) is 0 Å². The first-order valence-electron chi connectivity index (χ1n) is 8.38. The molecule has 1 aliphatic rings. The topological polar surface area (TPSA) is 52.7 Å². The van der Waals surface area contributed by atoms with Crippen LogP contribution in [0.2, 0.25) is 0 Å². The molecule has 2 rings (SSSR count). The van der Waals surface area contributed by atoms with Crippen molar-refractivity contribution in [3.8, 4) is 0 Å². The van der Waals surface area contributed by atoms with E-state index in [0.29, 0.717) is 17.0 Å². The summed E-state index contributed by atoms with van der Waals surface area (Å²) in [6, 6.07) is 8.40. The van der Waals surface area contributed by atoms with Crippen LogP contribution in [0, 0.1) is 0 Å². The van der Waals surface area contributed by atoms with E-state index in [1.54, 1.807) is 12.1 Å². The maximum Gasteiger partial charge on any atom is 0.240 e. The molecule has 130 valence electrons. The van der Waals surface area contributed by atoms with Crippen LogP contribution in [0.25, 0.3) is 0 Å². The zero-order chi connectivity index (χ0) is 17.0. The molecule has 1 aromatic carbocycles. The Morgan fingerprint density at radius 3 is 2.39 bits per heavy atom. The zero-order valence-electron chi connectivity index (χ0n) is 14.6. The van der Waals surface area contributed by atoms with Gasteiger partial charge in [0, 0.05) is 38.3 Å². The molecule has 6 heteroatoms. The third-order valence-electron chi connectivity index (χ3n) is 4.66. The minimum absolute atomic E-state index is 0.319. The summed E-state index contributed by atoms with van der Waals surface area (Å²) in [5.74, 6) is 0. The highest BCUT2D eigenvalue weighted by Gasteiger charge is 2.27. The molecule has 0 unspecified atom stereocenters. The summed E-state index contributed by atoms with van der Waals surface area (Å²) in [5, 5.41) is 0. The summed E-state index contributed by atoms with van der Waals surface area (Å²) < 4.78 is 25.9. The fourth-order valence-electron chi connectivity index (χ4n) is 3.27. The van der Waals surface area contributed by atoms with Crippen LogP contribution in [0.4, 0.5) is 0 Å². The molecule has 1 heterocycles. The summed E-state index contributed by atoms with van der Waals surface area (Å²) in [6.07, 6.45) is 1.16. The third-order valence-corrected chi connectivity index (χ3v) is 6.09. The van der Waals surface area contributed by atoms with Gasteiger partial charge in [-0.05, 0) is 45.0 Å². The van der Waals surface area contributed by atoms with Gasteiger partial charge in [-0.15, -0.1) is 0 Å². The van der Waals surface area contributed by atoms with Crippen molar-refractivity contribution in [1.29, 1.82) is 0 Å². The van der Waals surface area contributed by atoms with Gasteiger partial charge in [0.2, 0.25) is 10.0 Å². The molecule has 1 aliphatic heterocycles. The highest BCUT2D eigenvalue weighted by atomic mass is 32.2. The zero-order valence-corrected chi connectivity index (χ0v) is 15.4. The van der Waals surface area contributed by atoms with Gasteiger partial charge in [0.05, 0.1) is 4.90 Å². The highest BCUT2D eigenvalue weighted by Crippen LogP contribution is 2.18. The molecule has 0 aliphatic carbocycles. The SMILES string of the molecule is CC[C@H]1CN(Cc2ccc(S(=O)(=O)NC)cc2)CCN1C(C)C. The van der Waals surface area contributed by atoms with Gasteiger partial charge in [-0.25, -0.2) is 13.1 Å². The molecule has 0 bridgehead atoms. The number of piperazine rings is 1. The average molecular weight is 340 g/mol. The maximum absolute atomic E-state index is 11.8.